The fourth-order valence-electron chi connectivity index (χ4n) is 2.65. The van der Waals surface area contributed by atoms with Crippen LogP contribution in [-0.4, -0.2) is 34.2 Å². The van der Waals surface area contributed by atoms with E-state index in [1.807, 2.05) is 0 Å². The number of nitro groups is 1. The zero-order valence-corrected chi connectivity index (χ0v) is 12.9. The first kappa shape index (κ1) is 15.0. The van der Waals surface area contributed by atoms with Crippen molar-refractivity contribution in [1.82, 2.24) is 4.90 Å². The zero-order valence-electron chi connectivity index (χ0n) is 11.3. The third-order valence-corrected chi connectivity index (χ3v) is 4.20. The van der Waals surface area contributed by atoms with Gasteiger partial charge in [0.1, 0.15) is 5.56 Å². The first-order valence-corrected chi connectivity index (χ1v) is 7.76. The average molecular weight is 341 g/mol. The Bertz CT molecular complexity index is 533. The first-order chi connectivity index (χ1) is 9.54. The number of para-hydroxylation sites is 1. The molecule has 6 heteroatoms. The average Bonchev–Trinajstić information content (AvgIpc) is 2.86. The molecular weight excluding hydrogens is 324 g/mol. The summed E-state index contributed by atoms with van der Waals surface area (Å²) in [5.41, 5.74) is 0.660. The summed E-state index contributed by atoms with van der Waals surface area (Å²) in [6, 6.07) is 4.90. The number of nitrogens with zero attached hydrogens (tertiary/aromatic N) is 2. The molecule has 1 heterocycles. The Morgan fingerprint density at radius 2 is 2.30 bits per heavy atom. The van der Waals surface area contributed by atoms with Crippen LogP contribution in [-0.2, 0) is 0 Å². The highest BCUT2D eigenvalue weighted by atomic mass is 79.9. The van der Waals surface area contributed by atoms with Gasteiger partial charge in [0.15, 0.2) is 0 Å². The molecule has 0 aliphatic carbocycles. The lowest BCUT2D eigenvalue weighted by atomic mass is 10.1. The summed E-state index contributed by atoms with van der Waals surface area (Å²) in [5.74, 6) is 0.264. The number of benzene rings is 1. The summed E-state index contributed by atoms with van der Waals surface area (Å²) < 4.78 is 0. The lowest BCUT2D eigenvalue weighted by Crippen LogP contribution is -2.29. The summed E-state index contributed by atoms with van der Waals surface area (Å²) in [6.07, 6.45) is 2.00. The predicted octanol–water partition coefficient (Wildman–Crippen LogP) is 3.15. The third-order valence-electron chi connectivity index (χ3n) is 3.74. The van der Waals surface area contributed by atoms with Gasteiger partial charge in [-0.1, -0.05) is 28.1 Å². The number of alkyl halides is 1. The highest BCUT2D eigenvalue weighted by Crippen LogP contribution is 2.27. The van der Waals surface area contributed by atoms with Crippen LogP contribution in [0.2, 0.25) is 0 Å². The van der Waals surface area contributed by atoms with Crippen LogP contribution in [0.15, 0.2) is 18.2 Å². The summed E-state index contributed by atoms with van der Waals surface area (Å²) in [4.78, 5) is 24.9. The quantitative estimate of drug-likeness (QED) is 0.480. The topological polar surface area (TPSA) is 63.5 Å². The molecule has 1 aliphatic heterocycles. The molecule has 5 nitrogen and oxygen atoms in total. The van der Waals surface area contributed by atoms with E-state index in [-0.39, 0.29) is 17.2 Å². The van der Waals surface area contributed by atoms with Crippen LogP contribution in [0.5, 0.6) is 0 Å². The summed E-state index contributed by atoms with van der Waals surface area (Å²) >= 11 is 3.41. The standard InChI is InChI=1S/C14H17BrN2O3/c1-10-3-2-4-12(13(10)17(19)20)14(18)16-8-6-11(9-16)5-7-15/h2-4,11H,5-9H2,1H3. The Balaban J connectivity index is 2.22. The van der Waals surface area contributed by atoms with Gasteiger partial charge >= 0.3 is 0 Å². The van der Waals surface area contributed by atoms with Gasteiger partial charge in [0.25, 0.3) is 11.6 Å². The predicted molar refractivity (Wildman–Crippen MR) is 80.3 cm³/mol. The van der Waals surface area contributed by atoms with E-state index in [1.165, 1.54) is 0 Å². The minimum absolute atomic E-state index is 0.0681. The molecule has 0 spiro atoms. The summed E-state index contributed by atoms with van der Waals surface area (Å²) in [7, 11) is 0. The number of hydrogen-bond acceptors (Lipinski definition) is 3. The van der Waals surface area contributed by atoms with Crippen LogP contribution in [0.25, 0.3) is 0 Å². The largest absolute Gasteiger partial charge is 0.338 e. The number of nitro benzene ring substituents is 1. The molecule has 1 aromatic rings. The summed E-state index contributed by atoms with van der Waals surface area (Å²) in [5, 5.41) is 12.1. The van der Waals surface area contributed by atoms with Crippen LogP contribution in [0.1, 0.15) is 28.8 Å². The van der Waals surface area contributed by atoms with Gasteiger partial charge < -0.3 is 4.90 Å². The lowest BCUT2D eigenvalue weighted by Gasteiger charge is -2.16. The first-order valence-electron chi connectivity index (χ1n) is 6.63. The number of aryl methyl sites for hydroxylation is 1. The maximum Gasteiger partial charge on any atom is 0.285 e. The van der Waals surface area contributed by atoms with Gasteiger partial charge in [0.2, 0.25) is 0 Å². The maximum absolute atomic E-state index is 12.5. The van der Waals surface area contributed by atoms with E-state index >= 15 is 0 Å². The summed E-state index contributed by atoms with van der Waals surface area (Å²) in [6.45, 7) is 3.03. The number of halogens is 1. The number of carbonyl (C=O) groups is 1. The van der Waals surface area contributed by atoms with E-state index < -0.39 is 4.92 Å². The van der Waals surface area contributed by atoms with Crippen molar-refractivity contribution in [3.63, 3.8) is 0 Å². The normalized spacial score (nSPS) is 18.3. The second-order valence-electron chi connectivity index (χ2n) is 5.11. The van der Waals surface area contributed by atoms with E-state index in [1.54, 1.807) is 30.0 Å². The van der Waals surface area contributed by atoms with Gasteiger partial charge in [-0.25, -0.2) is 0 Å². The Morgan fingerprint density at radius 1 is 1.55 bits per heavy atom. The Morgan fingerprint density at radius 3 is 2.95 bits per heavy atom. The van der Waals surface area contributed by atoms with Crippen molar-refractivity contribution in [3.05, 3.63) is 39.4 Å². The van der Waals surface area contributed by atoms with Gasteiger partial charge in [0, 0.05) is 24.0 Å². The van der Waals surface area contributed by atoms with Crippen LogP contribution >= 0.6 is 15.9 Å². The third kappa shape index (κ3) is 3.00. The van der Waals surface area contributed by atoms with Crippen molar-refractivity contribution >= 4 is 27.5 Å². The number of rotatable bonds is 4. The fourth-order valence-corrected chi connectivity index (χ4v) is 3.30. The number of hydrogen-bond donors (Lipinski definition) is 0. The molecule has 1 fully saturated rings. The van der Waals surface area contributed by atoms with E-state index in [9.17, 15) is 14.9 Å². The molecule has 0 N–H and O–H groups in total. The van der Waals surface area contributed by atoms with Gasteiger partial charge in [-0.15, -0.1) is 0 Å². The molecule has 2 rings (SSSR count). The molecule has 0 bridgehead atoms. The molecule has 1 aromatic carbocycles. The molecule has 108 valence electrons. The Labute approximate surface area is 126 Å². The number of carbonyl (C=O) groups excluding carboxylic acids is 1. The molecule has 1 aliphatic rings. The van der Waals surface area contributed by atoms with Gasteiger partial charge in [-0.05, 0) is 31.7 Å². The molecule has 1 amide bonds. The van der Waals surface area contributed by atoms with Crippen molar-refractivity contribution in [2.45, 2.75) is 19.8 Å². The second-order valence-corrected chi connectivity index (χ2v) is 5.90. The van der Waals surface area contributed by atoms with E-state index in [4.69, 9.17) is 0 Å². The van der Waals surface area contributed by atoms with Crippen LogP contribution < -0.4 is 0 Å². The van der Waals surface area contributed by atoms with Gasteiger partial charge in [0.05, 0.1) is 4.92 Å². The smallest absolute Gasteiger partial charge is 0.285 e. The molecule has 1 saturated heterocycles. The lowest BCUT2D eigenvalue weighted by molar-refractivity contribution is -0.385. The van der Waals surface area contributed by atoms with Crippen molar-refractivity contribution in [3.8, 4) is 0 Å². The monoisotopic (exact) mass is 340 g/mol. The van der Waals surface area contributed by atoms with Crippen LogP contribution in [0, 0.1) is 23.0 Å². The Hall–Kier alpha value is -1.43. The second kappa shape index (κ2) is 6.35. The van der Waals surface area contributed by atoms with E-state index in [0.717, 1.165) is 18.2 Å². The molecule has 0 radical (unpaired) electrons. The molecule has 1 unspecified atom stereocenters. The molecule has 1 atom stereocenters. The van der Waals surface area contributed by atoms with E-state index in [2.05, 4.69) is 15.9 Å². The zero-order chi connectivity index (χ0) is 14.7. The SMILES string of the molecule is Cc1cccc(C(=O)N2CCC(CCBr)C2)c1[N+](=O)[O-]. The molecular formula is C14H17BrN2O3. The number of likely N-dealkylation sites (tertiary alicyclic amines) is 1. The van der Waals surface area contributed by atoms with Gasteiger partial charge in [-0.2, -0.15) is 0 Å². The maximum atomic E-state index is 12.5. The van der Waals surface area contributed by atoms with Crippen LogP contribution in [0.4, 0.5) is 5.69 Å². The highest BCUT2D eigenvalue weighted by Gasteiger charge is 2.31. The fraction of sp³-hybridized carbons (Fsp3) is 0.500. The molecule has 0 saturated carbocycles. The van der Waals surface area contributed by atoms with Crippen LogP contribution in [0.3, 0.4) is 0 Å². The number of amides is 1. The minimum Gasteiger partial charge on any atom is -0.338 e. The van der Waals surface area contributed by atoms with Crippen molar-refractivity contribution in [2.75, 3.05) is 18.4 Å². The van der Waals surface area contributed by atoms with Crippen molar-refractivity contribution < 1.29 is 9.72 Å². The van der Waals surface area contributed by atoms with Gasteiger partial charge in [-0.3, -0.25) is 14.9 Å². The van der Waals surface area contributed by atoms with Crippen molar-refractivity contribution in [1.29, 1.82) is 0 Å². The van der Waals surface area contributed by atoms with Crippen molar-refractivity contribution in [2.24, 2.45) is 5.92 Å². The Kier molecular flexibility index (Phi) is 4.75. The minimum atomic E-state index is -0.464. The molecule has 0 aromatic heterocycles. The highest BCUT2D eigenvalue weighted by molar-refractivity contribution is 9.09. The van der Waals surface area contributed by atoms with E-state index in [0.29, 0.717) is 24.6 Å². The molecule has 20 heavy (non-hydrogen) atoms.